The van der Waals surface area contributed by atoms with Crippen LogP contribution < -0.4 is 16.1 Å². The molecular formula is C50H32N6. The molecule has 0 saturated carbocycles. The Hall–Kier alpha value is -7.54. The highest BCUT2D eigenvalue weighted by Crippen LogP contribution is 2.45. The summed E-state index contributed by atoms with van der Waals surface area (Å²) in [5.41, 5.74) is 12.7. The van der Waals surface area contributed by atoms with Crippen LogP contribution in [0.5, 0.6) is 0 Å². The number of nitrogens with one attached hydrogen (secondary N) is 2. The monoisotopic (exact) mass is 716 g/mol. The molecule has 0 bridgehead atoms. The van der Waals surface area contributed by atoms with Crippen LogP contribution in [0.3, 0.4) is 0 Å². The summed E-state index contributed by atoms with van der Waals surface area (Å²) in [6, 6.07) is 42.5. The normalized spacial score (nSPS) is 13.7. The molecule has 8 aromatic carbocycles. The molecule has 0 amide bonds. The number of nitrogens with two attached hydrogens (primary N) is 1. The molecule has 262 valence electrons. The van der Waals surface area contributed by atoms with Crippen molar-refractivity contribution in [2.75, 3.05) is 10.2 Å². The molecule has 4 aliphatic rings. The summed E-state index contributed by atoms with van der Waals surface area (Å²) >= 11 is 0. The second kappa shape index (κ2) is 11.5. The smallest absolute Gasteiger partial charge is 0.233 e. The fourth-order valence-electron chi connectivity index (χ4n) is 9.18. The molecule has 6 nitrogen and oxygen atoms in total. The predicted molar refractivity (Wildman–Crippen MR) is 238 cm³/mol. The van der Waals surface area contributed by atoms with E-state index in [1.54, 1.807) is 0 Å². The van der Waals surface area contributed by atoms with Crippen LogP contribution in [-0.4, -0.2) is 16.9 Å². The second-order valence-corrected chi connectivity index (χ2v) is 14.7. The Kier molecular flexibility index (Phi) is 6.33. The minimum Gasteiger partial charge on any atom is -0.324 e. The van der Waals surface area contributed by atoms with E-state index in [9.17, 15) is 5.41 Å². The van der Waals surface area contributed by atoms with E-state index < -0.39 is 0 Å². The Balaban J connectivity index is 1.12. The molecule has 8 aromatic rings. The topological polar surface area (TPSA) is 80.7 Å². The fraction of sp³-hybridized carbons (Fsp3) is 0. The Morgan fingerprint density at radius 3 is 1.36 bits per heavy atom. The molecule has 0 unspecified atom stereocenters. The molecule has 12 rings (SSSR count). The number of anilines is 3. The minimum atomic E-state index is -0.0202. The molecule has 0 heterocycles. The van der Waals surface area contributed by atoms with Gasteiger partial charge in [0, 0.05) is 27.2 Å². The molecule has 0 aromatic heterocycles. The van der Waals surface area contributed by atoms with Gasteiger partial charge in [0.1, 0.15) is 0 Å². The third-order valence-corrected chi connectivity index (χ3v) is 11.7. The first kappa shape index (κ1) is 30.9. The van der Waals surface area contributed by atoms with Crippen molar-refractivity contribution >= 4 is 126 Å². The van der Waals surface area contributed by atoms with Gasteiger partial charge in [-0.2, -0.15) is 0 Å². The maximum Gasteiger partial charge on any atom is 0.233 e. The van der Waals surface area contributed by atoms with Crippen LogP contribution in [0, 0.1) is 5.41 Å². The zero-order valence-electron chi connectivity index (χ0n) is 30.1. The molecule has 0 radical (unpaired) electrons. The minimum absolute atomic E-state index is 0.0202. The summed E-state index contributed by atoms with van der Waals surface area (Å²) in [4.78, 5) is 7.69. The van der Waals surface area contributed by atoms with Gasteiger partial charge in [-0.1, -0.05) is 146 Å². The molecule has 4 N–H and O–H groups in total. The summed E-state index contributed by atoms with van der Waals surface area (Å²) in [5, 5.41) is 23.4. The summed E-state index contributed by atoms with van der Waals surface area (Å²) < 4.78 is 0. The van der Waals surface area contributed by atoms with Crippen molar-refractivity contribution in [1.82, 2.24) is 5.01 Å². The standard InChI is InChI=1S/C50H32N6/c51-49(53-41-25-21-33-17-13-29-5-1-9-37(41)45(29)33)56(52)50(54-42-26-22-34-18-14-30-6-2-10-38(42)46(30)34)55(43-27-23-35-19-15-31-7-3-11-39(43)47(31)35)44-28-24-36-20-16-32-8-4-12-40(44)48(32)36/h1-28H,52H2,(H2,51,53). The maximum absolute atomic E-state index is 9.71. The van der Waals surface area contributed by atoms with Gasteiger partial charge in [0.15, 0.2) is 0 Å². The van der Waals surface area contributed by atoms with Crippen LogP contribution in [-0.2, 0) is 0 Å². The van der Waals surface area contributed by atoms with Crippen LogP contribution >= 0.6 is 0 Å². The molecule has 0 aliphatic heterocycles. The fourth-order valence-corrected chi connectivity index (χ4v) is 9.18. The van der Waals surface area contributed by atoms with Crippen LogP contribution in [0.4, 0.5) is 22.7 Å². The predicted octanol–water partition coefficient (Wildman–Crippen LogP) is 12.3. The molecule has 0 spiro atoms. The van der Waals surface area contributed by atoms with Gasteiger partial charge < -0.3 is 5.32 Å². The summed E-state index contributed by atoms with van der Waals surface area (Å²) in [5.74, 6) is 7.68. The number of benzene rings is 8. The quantitative estimate of drug-likeness (QED) is 0.0733. The third kappa shape index (κ3) is 4.36. The van der Waals surface area contributed by atoms with Crippen LogP contribution in [0.2, 0.25) is 0 Å². The maximum atomic E-state index is 9.71. The van der Waals surface area contributed by atoms with Gasteiger partial charge in [0.25, 0.3) is 0 Å². The van der Waals surface area contributed by atoms with E-state index in [4.69, 9.17) is 10.8 Å². The van der Waals surface area contributed by atoms with E-state index in [2.05, 4.69) is 174 Å². The highest BCUT2D eigenvalue weighted by molar-refractivity contribution is 6.23. The van der Waals surface area contributed by atoms with Crippen molar-refractivity contribution in [2.45, 2.75) is 0 Å². The van der Waals surface area contributed by atoms with Gasteiger partial charge in [-0.3, -0.25) is 10.3 Å². The van der Waals surface area contributed by atoms with Crippen LogP contribution in [0.25, 0.3) is 91.7 Å². The zero-order valence-corrected chi connectivity index (χ0v) is 30.1. The van der Waals surface area contributed by atoms with Gasteiger partial charge in [0.05, 0.1) is 17.1 Å². The Morgan fingerprint density at radius 1 is 0.446 bits per heavy atom. The Morgan fingerprint density at radius 2 is 0.839 bits per heavy atom. The lowest BCUT2D eigenvalue weighted by atomic mass is 9.99. The SMILES string of the molecule is N=C(Nc1ccc2c3c(cccc13)C=C2)N(N)C(=Nc1ccc2c3c(cccc13)C=C2)N(c1ccc2c3c(cccc13)C=C2)c1ccc2c3c(cccc13)C=C2. The van der Waals surface area contributed by atoms with Gasteiger partial charge >= 0.3 is 0 Å². The number of aliphatic imine (C=N–C) groups is 1. The number of nitrogens with zero attached hydrogens (tertiary/aromatic N) is 3. The van der Waals surface area contributed by atoms with Crippen LogP contribution in [0.1, 0.15) is 44.5 Å². The highest BCUT2D eigenvalue weighted by Gasteiger charge is 2.30. The highest BCUT2D eigenvalue weighted by atomic mass is 15.6. The lowest BCUT2D eigenvalue weighted by Gasteiger charge is -2.34. The van der Waals surface area contributed by atoms with E-state index >= 15 is 0 Å². The average Bonchev–Trinajstić information content (AvgIpc) is 4.05. The summed E-state index contributed by atoms with van der Waals surface area (Å²) in [6.45, 7) is 0. The lowest BCUT2D eigenvalue weighted by Crippen LogP contribution is -2.52. The third-order valence-electron chi connectivity index (χ3n) is 11.7. The first-order valence-electron chi connectivity index (χ1n) is 18.8. The van der Waals surface area contributed by atoms with Crippen molar-refractivity contribution in [2.24, 2.45) is 10.8 Å². The molecule has 0 saturated heterocycles. The number of hydrogen-bond donors (Lipinski definition) is 3. The van der Waals surface area contributed by atoms with Crippen LogP contribution in [0.15, 0.2) is 126 Å². The summed E-state index contributed by atoms with van der Waals surface area (Å²) in [7, 11) is 0. The summed E-state index contributed by atoms with van der Waals surface area (Å²) in [6.07, 6.45) is 17.3. The van der Waals surface area contributed by atoms with E-state index in [1.807, 2.05) is 6.07 Å². The Bertz CT molecular complexity index is 3120. The molecule has 0 fully saturated rings. The number of guanidine groups is 2. The molecular weight excluding hydrogens is 685 g/mol. The van der Waals surface area contributed by atoms with E-state index in [1.165, 1.54) is 38.0 Å². The molecule has 6 heteroatoms. The second-order valence-electron chi connectivity index (χ2n) is 14.7. The van der Waals surface area contributed by atoms with Gasteiger partial charge in [0.2, 0.25) is 11.9 Å². The molecule has 56 heavy (non-hydrogen) atoms. The lowest BCUT2D eigenvalue weighted by molar-refractivity contribution is 0.636. The van der Waals surface area contributed by atoms with Crippen molar-refractivity contribution in [1.29, 1.82) is 5.41 Å². The van der Waals surface area contributed by atoms with Crippen molar-refractivity contribution < 1.29 is 0 Å². The largest absolute Gasteiger partial charge is 0.324 e. The van der Waals surface area contributed by atoms with E-state index in [0.29, 0.717) is 5.96 Å². The van der Waals surface area contributed by atoms with E-state index in [-0.39, 0.29) is 5.96 Å². The number of hydrogen-bond acceptors (Lipinski definition) is 3. The number of hydrazine groups is 1. The average molecular weight is 717 g/mol. The van der Waals surface area contributed by atoms with Crippen molar-refractivity contribution in [3.05, 3.63) is 166 Å². The van der Waals surface area contributed by atoms with E-state index in [0.717, 1.165) is 77.3 Å². The Labute approximate surface area is 322 Å². The first-order valence-corrected chi connectivity index (χ1v) is 18.8. The zero-order chi connectivity index (χ0) is 37.1. The van der Waals surface area contributed by atoms with Gasteiger partial charge in [-0.15, -0.1) is 0 Å². The first-order chi connectivity index (χ1) is 27.6. The van der Waals surface area contributed by atoms with Crippen molar-refractivity contribution in [3.8, 4) is 0 Å². The van der Waals surface area contributed by atoms with Gasteiger partial charge in [-0.25, -0.2) is 15.8 Å². The number of rotatable bonds is 4. The van der Waals surface area contributed by atoms with Crippen molar-refractivity contribution in [3.63, 3.8) is 0 Å². The van der Waals surface area contributed by atoms with Gasteiger partial charge in [-0.05, 0) is 90.3 Å². The molecule has 0 atom stereocenters. The molecule has 4 aliphatic carbocycles.